The van der Waals surface area contributed by atoms with Gasteiger partial charge < -0.3 is 15.3 Å². The van der Waals surface area contributed by atoms with E-state index in [2.05, 4.69) is 0 Å². The van der Waals surface area contributed by atoms with Gasteiger partial charge in [0.2, 0.25) is 0 Å². The summed E-state index contributed by atoms with van der Waals surface area (Å²) in [5, 5.41) is 26.6. The first-order valence-electron chi connectivity index (χ1n) is 2.47. The summed E-state index contributed by atoms with van der Waals surface area (Å²) in [7, 11) is 0. The number of carboxylic acids is 1. The molecule has 0 unspecified atom stereocenters. The summed E-state index contributed by atoms with van der Waals surface area (Å²) in [6.07, 6.45) is -4.59. The molecule has 0 aliphatic carbocycles. The zero-order valence-corrected chi connectivity index (χ0v) is 5.17. The summed E-state index contributed by atoms with van der Waals surface area (Å²) in [6, 6.07) is 0. The van der Waals surface area contributed by atoms with Gasteiger partial charge in [-0.1, -0.05) is 0 Å². The quantitative estimate of drug-likeness (QED) is 0.417. The summed E-state index contributed by atoms with van der Waals surface area (Å²) in [5.41, 5.74) is 0. The number of carbonyl (C=O) groups is 2. The molecule has 0 aliphatic rings. The maximum atomic E-state index is 10.1. The Kier molecular flexibility index (Phi) is 3.28. The molecule has 7 heteroatoms. The van der Waals surface area contributed by atoms with E-state index in [9.17, 15) is 14.5 Å². The Hall–Kier alpha value is -1.34. The minimum atomic E-state index is -2.31. The van der Waals surface area contributed by atoms with Crippen molar-refractivity contribution >= 4 is 11.9 Å². The number of nitrogens with zero attached hydrogens (tertiary/aromatic N) is 1. The van der Waals surface area contributed by atoms with Crippen LogP contribution in [0, 0.1) is 4.91 Å². The Morgan fingerprint density at radius 3 is 1.91 bits per heavy atom. The highest BCUT2D eigenvalue weighted by atomic mass is 16.4. The molecule has 0 fully saturated rings. The monoisotopic (exact) mass is 163 g/mol. The minimum absolute atomic E-state index is 1.61. The molecule has 0 saturated carbocycles. The number of amides is 1. The van der Waals surface area contributed by atoms with Gasteiger partial charge in [0.25, 0.3) is 0 Å². The second kappa shape index (κ2) is 3.74. The highest BCUT2D eigenvalue weighted by Gasteiger charge is 2.30. The number of carbonyl (C=O) groups excluding carboxylic acids is 1. The highest BCUT2D eigenvalue weighted by molar-refractivity contribution is 5.87. The van der Waals surface area contributed by atoms with E-state index in [0.29, 0.717) is 0 Å². The fourth-order valence-corrected chi connectivity index (χ4v) is 0.324. The van der Waals surface area contributed by atoms with Crippen molar-refractivity contribution in [2.75, 3.05) is 0 Å². The third-order valence-corrected chi connectivity index (χ3v) is 0.895. The number of hydrogen-bond acceptors (Lipinski definition) is 5. The van der Waals surface area contributed by atoms with Crippen molar-refractivity contribution in [2.24, 2.45) is 5.18 Å². The van der Waals surface area contributed by atoms with E-state index in [-0.39, 0.29) is 0 Å². The van der Waals surface area contributed by atoms with E-state index in [1.807, 2.05) is 0 Å². The van der Waals surface area contributed by atoms with Crippen LogP contribution in [0.4, 0.5) is 0 Å². The zero-order chi connectivity index (χ0) is 9.02. The molecule has 0 saturated heterocycles. The van der Waals surface area contributed by atoms with Gasteiger partial charge in [0.15, 0.2) is 12.2 Å². The van der Waals surface area contributed by atoms with Crippen LogP contribution in [0.25, 0.3) is 0 Å². The lowest BCUT2D eigenvalue weighted by molar-refractivity contribution is -0.157. The molecule has 7 nitrogen and oxygen atoms in total. The zero-order valence-electron chi connectivity index (χ0n) is 5.17. The fraction of sp³-hybridized carbons (Fsp3) is 0.500. The van der Waals surface area contributed by atoms with Gasteiger partial charge in [-0.05, 0) is 0 Å². The molecule has 0 aromatic rings. The number of carboxylic acid groups (broad SMARTS) is 1. The van der Waals surface area contributed by atoms with Crippen LogP contribution in [0.1, 0.15) is 0 Å². The normalized spacial score (nSPS) is 15.1. The summed E-state index contributed by atoms with van der Waals surface area (Å²) >= 11 is 0. The average Bonchev–Trinajstić information content (AvgIpc) is 2.00. The molecule has 0 aromatic heterocycles. The van der Waals surface area contributed by atoms with E-state index < -0.39 is 24.1 Å². The van der Waals surface area contributed by atoms with Gasteiger partial charge in [-0.25, -0.2) is 4.79 Å². The lowest BCUT2D eigenvalue weighted by atomic mass is 10.2. The smallest absolute Gasteiger partial charge is 0.335 e. The number of aliphatic hydroxyl groups is 2. The van der Waals surface area contributed by atoms with Crippen LogP contribution in [0.15, 0.2) is 5.18 Å². The molecule has 0 aromatic carbocycles. The van der Waals surface area contributed by atoms with Crippen LogP contribution in [0.5, 0.6) is 0 Å². The molecule has 0 radical (unpaired) electrons. The standard InChI is InChI=1S/C4H5NO6/c6-1(3(8)5-11)2(7)4(9)10/h1-2,6-7H,(H,9,10)/t1-,2-/m0/s1. The van der Waals surface area contributed by atoms with Crippen molar-refractivity contribution < 1.29 is 24.9 Å². The number of aliphatic carboxylic acids is 1. The first kappa shape index (κ1) is 9.66. The Morgan fingerprint density at radius 1 is 1.18 bits per heavy atom. The Balaban J connectivity index is 4.23. The Morgan fingerprint density at radius 2 is 1.64 bits per heavy atom. The molecule has 0 spiro atoms. The molecule has 0 bridgehead atoms. The third kappa shape index (κ3) is 2.40. The van der Waals surface area contributed by atoms with Crippen LogP contribution in [0.2, 0.25) is 0 Å². The number of aliphatic hydroxyl groups excluding tert-OH is 2. The van der Waals surface area contributed by atoms with Crippen molar-refractivity contribution in [3.63, 3.8) is 0 Å². The first-order valence-corrected chi connectivity index (χ1v) is 2.47. The van der Waals surface area contributed by atoms with Crippen molar-refractivity contribution in [1.29, 1.82) is 0 Å². The SMILES string of the molecule is O=NC(=O)[C@@H](O)[C@H](O)C(=O)O. The van der Waals surface area contributed by atoms with Crippen molar-refractivity contribution in [3.05, 3.63) is 4.91 Å². The van der Waals surface area contributed by atoms with Crippen LogP contribution in [-0.4, -0.2) is 39.4 Å². The van der Waals surface area contributed by atoms with Gasteiger partial charge in [0.1, 0.15) is 0 Å². The maximum Gasteiger partial charge on any atom is 0.335 e. The van der Waals surface area contributed by atoms with Gasteiger partial charge in [-0.15, -0.1) is 4.91 Å². The molecular weight excluding hydrogens is 158 g/mol. The number of hydrogen-bond donors (Lipinski definition) is 3. The predicted octanol–water partition coefficient (Wildman–Crippen LogP) is -1.91. The second-order valence-corrected chi connectivity index (χ2v) is 1.66. The van der Waals surface area contributed by atoms with Gasteiger partial charge in [0, 0.05) is 5.18 Å². The maximum absolute atomic E-state index is 10.1. The largest absolute Gasteiger partial charge is 0.479 e. The molecule has 0 heterocycles. The minimum Gasteiger partial charge on any atom is -0.479 e. The molecule has 62 valence electrons. The molecule has 1 amide bonds. The Bertz CT molecular complexity index is 189. The van der Waals surface area contributed by atoms with E-state index in [1.165, 1.54) is 0 Å². The van der Waals surface area contributed by atoms with Gasteiger partial charge >= 0.3 is 11.9 Å². The van der Waals surface area contributed by atoms with Crippen LogP contribution < -0.4 is 0 Å². The molecule has 2 atom stereocenters. The van der Waals surface area contributed by atoms with Gasteiger partial charge in [-0.2, -0.15) is 0 Å². The van der Waals surface area contributed by atoms with Crippen LogP contribution in [-0.2, 0) is 9.59 Å². The summed E-state index contributed by atoms with van der Waals surface area (Å²) < 4.78 is 0. The second-order valence-electron chi connectivity index (χ2n) is 1.66. The third-order valence-electron chi connectivity index (χ3n) is 0.895. The molecule has 0 aliphatic heterocycles. The van der Waals surface area contributed by atoms with E-state index in [1.54, 1.807) is 5.18 Å². The van der Waals surface area contributed by atoms with Crippen molar-refractivity contribution in [1.82, 2.24) is 0 Å². The predicted molar refractivity (Wildman–Crippen MR) is 30.5 cm³/mol. The average molecular weight is 163 g/mol. The lowest BCUT2D eigenvalue weighted by Gasteiger charge is -2.07. The van der Waals surface area contributed by atoms with Crippen LogP contribution >= 0.6 is 0 Å². The summed E-state index contributed by atoms with van der Waals surface area (Å²) in [4.78, 5) is 29.4. The van der Waals surface area contributed by atoms with Crippen molar-refractivity contribution in [3.8, 4) is 0 Å². The summed E-state index contributed by atoms with van der Waals surface area (Å²) in [6.45, 7) is 0. The van der Waals surface area contributed by atoms with E-state index in [0.717, 1.165) is 0 Å². The molecule has 0 rings (SSSR count). The van der Waals surface area contributed by atoms with E-state index >= 15 is 0 Å². The fourth-order valence-electron chi connectivity index (χ4n) is 0.324. The first-order chi connectivity index (χ1) is 5.00. The van der Waals surface area contributed by atoms with Gasteiger partial charge in [0.05, 0.1) is 0 Å². The van der Waals surface area contributed by atoms with Crippen molar-refractivity contribution in [2.45, 2.75) is 12.2 Å². The number of nitroso groups, excluding NO2 is 1. The van der Waals surface area contributed by atoms with E-state index in [4.69, 9.17) is 15.3 Å². The summed E-state index contributed by atoms with van der Waals surface area (Å²) in [5.74, 6) is -3.41. The lowest BCUT2D eigenvalue weighted by Crippen LogP contribution is -2.38. The molecule has 3 N–H and O–H groups in total. The van der Waals surface area contributed by atoms with Crippen LogP contribution in [0.3, 0.4) is 0 Å². The Labute approximate surface area is 60.2 Å². The molecular formula is C4H5NO6. The topological polar surface area (TPSA) is 124 Å². The van der Waals surface area contributed by atoms with Gasteiger partial charge in [-0.3, -0.25) is 4.79 Å². The molecule has 11 heavy (non-hydrogen) atoms. The number of rotatable bonds is 3. The highest BCUT2D eigenvalue weighted by Crippen LogP contribution is 1.95.